The number of anilines is 1. The van der Waals surface area contributed by atoms with Gasteiger partial charge in [0.25, 0.3) is 0 Å². The molecule has 4 nitrogen and oxygen atoms in total. The van der Waals surface area contributed by atoms with Gasteiger partial charge in [-0.15, -0.1) is 0 Å². The zero-order valence-electron chi connectivity index (χ0n) is 12.5. The lowest BCUT2D eigenvalue weighted by Crippen LogP contribution is -2.29. The van der Waals surface area contributed by atoms with Crippen molar-refractivity contribution in [1.29, 1.82) is 0 Å². The Labute approximate surface area is 115 Å². The Hall–Kier alpha value is -1.55. The zero-order chi connectivity index (χ0) is 14.6. The molecule has 1 aromatic carbocycles. The van der Waals surface area contributed by atoms with Crippen molar-refractivity contribution in [1.82, 2.24) is 0 Å². The normalized spacial score (nSPS) is 12.1. The van der Waals surface area contributed by atoms with Crippen LogP contribution in [-0.2, 0) is 4.79 Å². The van der Waals surface area contributed by atoms with E-state index in [1.807, 2.05) is 32.9 Å². The van der Waals surface area contributed by atoms with Crippen molar-refractivity contribution in [2.75, 3.05) is 19.1 Å². The molecule has 0 aliphatic rings. The second-order valence-corrected chi connectivity index (χ2v) is 5.10. The molecule has 0 heterocycles. The summed E-state index contributed by atoms with van der Waals surface area (Å²) in [6, 6.07) is 4.03. The lowest BCUT2D eigenvalue weighted by Gasteiger charge is -2.23. The Bertz CT molecular complexity index is 456. The van der Waals surface area contributed by atoms with E-state index in [2.05, 4.69) is 0 Å². The van der Waals surface area contributed by atoms with Crippen molar-refractivity contribution in [2.24, 2.45) is 5.73 Å². The minimum absolute atomic E-state index is 0.0401. The maximum atomic E-state index is 12.2. The van der Waals surface area contributed by atoms with Crippen molar-refractivity contribution < 1.29 is 9.53 Å². The predicted octanol–water partition coefficient (Wildman–Crippen LogP) is 2.40. The van der Waals surface area contributed by atoms with Crippen LogP contribution in [-0.4, -0.2) is 26.1 Å². The average Bonchev–Trinajstić information content (AvgIpc) is 2.34. The highest BCUT2D eigenvalue weighted by Crippen LogP contribution is 2.32. The number of nitrogens with two attached hydrogens (primary N) is 1. The molecule has 0 bridgehead atoms. The van der Waals surface area contributed by atoms with Gasteiger partial charge in [-0.1, -0.05) is 6.07 Å². The Kier molecular flexibility index (Phi) is 5.36. The third kappa shape index (κ3) is 3.96. The third-order valence-electron chi connectivity index (χ3n) is 3.15. The number of aryl methyl sites for hydroxylation is 2. The second kappa shape index (κ2) is 6.57. The van der Waals surface area contributed by atoms with Gasteiger partial charge in [-0.2, -0.15) is 0 Å². The van der Waals surface area contributed by atoms with Crippen LogP contribution in [0.4, 0.5) is 5.69 Å². The molecule has 0 saturated carbocycles. The van der Waals surface area contributed by atoms with E-state index >= 15 is 0 Å². The number of carbonyl (C=O) groups is 1. The molecular weight excluding hydrogens is 240 g/mol. The predicted molar refractivity (Wildman–Crippen MR) is 78.8 cm³/mol. The van der Waals surface area contributed by atoms with Gasteiger partial charge in [0, 0.05) is 19.5 Å². The largest absolute Gasteiger partial charge is 0.495 e. The molecule has 1 atom stereocenters. The van der Waals surface area contributed by atoms with Gasteiger partial charge in [0.15, 0.2) is 0 Å². The maximum Gasteiger partial charge on any atom is 0.226 e. The van der Waals surface area contributed by atoms with Crippen LogP contribution in [0.2, 0.25) is 0 Å². The van der Waals surface area contributed by atoms with E-state index in [0.717, 1.165) is 22.6 Å². The van der Waals surface area contributed by atoms with E-state index < -0.39 is 0 Å². The first kappa shape index (κ1) is 15.5. The molecule has 0 radical (unpaired) electrons. The first-order valence-corrected chi connectivity index (χ1v) is 6.54. The minimum Gasteiger partial charge on any atom is -0.495 e. The van der Waals surface area contributed by atoms with Gasteiger partial charge in [-0.05, 0) is 44.4 Å². The van der Waals surface area contributed by atoms with Gasteiger partial charge in [-0.3, -0.25) is 4.79 Å². The van der Waals surface area contributed by atoms with Crippen molar-refractivity contribution in [3.63, 3.8) is 0 Å². The topological polar surface area (TPSA) is 55.6 Å². The summed E-state index contributed by atoms with van der Waals surface area (Å²) in [5.74, 6) is 0.789. The summed E-state index contributed by atoms with van der Waals surface area (Å²) in [6.45, 7) is 5.91. The lowest BCUT2D eigenvalue weighted by atomic mass is 10.1. The Morgan fingerprint density at radius 3 is 2.58 bits per heavy atom. The molecule has 1 unspecified atom stereocenters. The summed E-state index contributed by atoms with van der Waals surface area (Å²) in [4.78, 5) is 13.8. The number of nitrogens with zero attached hydrogens (tertiary/aromatic N) is 1. The molecular formula is C15H24N2O2. The zero-order valence-corrected chi connectivity index (χ0v) is 12.5. The number of ether oxygens (including phenoxy) is 1. The monoisotopic (exact) mass is 264 g/mol. The number of rotatable bonds is 5. The molecule has 0 aliphatic carbocycles. The fourth-order valence-corrected chi connectivity index (χ4v) is 2.15. The molecule has 2 N–H and O–H groups in total. The number of amides is 1. The maximum absolute atomic E-state index is 12.2. The van der Waals surface area contributed by atoms with Crippen LogP contribution >= 0.6 is 0 Å². The van der Waals surface area contributed by atoms with E-state index in [1.54, 1.807) is 19.1 Å². The highest BCUT2D eigenvalue weighted by Gasteiger charge is 2.18. The summed E-state index contributed by atoms with van der Waals surface area (Å²) in [5, 5.41) is 0. The van der Waals surface area contributed by atoms with Crippen LogP contribution in [0, 0.1) is 13.8 Å². The molecule has 19 heavy (non-hydrogen) atoms. The summed E-state index contributed by atoms with van der Waals surface area (Å²) < 4.78 is 5.39. The van der Waals surface area contributed by atoms with Gasteiger partial charge >= 0.3 is 0 Å². The Morgan fingerprint density at radius 1 is 1.42 bits per heavy atom. The SMILES string of the molecule is COc1cc(C)cc(C)c1N(C)C(=O)CCC(C)N. The summed E-state index contributed by atoms with van der Waals surface area (Å²) in [5.41, 5.74) is 8.68. The van der Waals surface area contributed by atoms with E-state index in [1.165, 1.54) is 0 Å². The fraction of sp³-hybridized carbons (Fsp3) is 0.533. The van der Waals surface area contributed by atoms with Crippen molar-refractivity contribution in [3.8, 4) is 5.75 Å². The Morgan fingerprint density at radius 2 is 2.05 bits per heavy atom. The molecule has 4 heteroatoms. The van der Waals surface area contributed by atoms with Gasteiger partial charge in [0.1, 0.15) is 5.75 Å². The number of carbonyl (C=O) groups excluding carboxylic acids is 1. The van der Waals surface area contributed by atoms with Crippen LogP contribution in [0.5, 0.6) is 5.75 Å². The molecule has 0 aromatic heterocycles. The van der Waals surface area contributed by atoms with Crippen LogP contribution in [0.25, 0.3) is 0 Å². The number of methoxy groups -OCH3 is 1. The van der Waals surface area contributed by atoms with Gasteiger partial charge in [-0.25, -0.2) is 0 Å². The molecule has 0 saturated heterocycles. The molecule has 0 spiro atoms. The molecule has 0 aliphatic heterocycles. The minimum atomic E-state index is 0.0401. The van der Waals surface area contributed by atoms with Crippen molar-refractivity contribution >= 4 is 11.6 Å². The van der Waals surface area contributed by atoms with Crippen LogP contribution < -0.4 is 15.4 Å². The van der Waals surface area contributed by atoms with Crippen molar-refractivity contribution in [3.05, 3.63) is 23.3 Å². The van der Waals surface area contributed by atoms with E-state index in [9.17, 15) is 4.79 Å². The van der Waals surface area contributed by atoms with Gasteiger partial charge in [0.2, 0.25) is 5.91 Å². The van der Waals surface area contributed by atoms with Crippen LogP contribution in [0.1, 0.15) is 30.9 Å². The smallest absolute Gasteiger partial charge is 0.226 e. The first-order chi connectivity index (χ1) is 8.86. The van der Waals surface area contributed by atoms with Gasteiger partial charge < -0.3 is 15.4 Å². The Balaban J connectivity index is 2.98. The van der Waals surface area contributed by atoms with Crippen LogP contribution in [0.3, 0.4) is 0 Å². The average molecular weight is 264 g/mol. The van der Waals surface area contributed by atoms with E-state index in [-0.39, 0.29) is 11.9 Å². The molecule has 1 aromatic rings. The fourth-order valence-electron chi connectivity index (χ4n) is 2.15. The van der Waals surface area contributed by atoms with Crippen LogP contribution in [0.15, 0.2) is 12.1 Å². The number of hydrogen-bond acceptors (Lipinski definition) is 3. The number of benzene rings is 1. The summed E-state index contributed by atoms with van der Waals surface area (Å²) in [7, 11) is 3.40. The molecule has 106 valence electrons. The first-order valence-electron chi connectivity index (χ1n) is 6.54. The summed E-state index contributed by atoms with van der Waals surface area (Å²) >= 11 is 0. The second-order valence-electron chi connectivity index (χ2n) is 5.10. The molecule has 0 fully saturated rings. The molecule has 1 rings (SSSR count). The quantitative estimate of drug-likeness (QED) is 0.888. The highest BCUT2D eigenvalue weighted by molar-refractivity contribution is 5.95. The molecule has 1 amide bonds. The number of hydrogen-bond donors (Lipinski definition) is 1. The van der Waals surface area contributed by atoms with E-state index in [0.29, 0.717) is 12.8 Å². The third-order valence-corrected chi connectivity index (χ3v) is 3.15. The van der Waals surface area contributed by atoms with E-state index in [4.69, 9.17) is 10.5 Å². The summed E-state index contributed by atoms with van der Waals surface area (Å²) in [6.07, 6.45) is 1.14. The highest BCUT2D eigenvalue weighted by atomic mass is 16.5. The van der Waals surface area contributed by atoms with Gasteiger partial charge in [0.05, 0.1) is 12.8 Å². The lowest BCUT2D eigenvalue weighted by molar-refractivity contribution is -0.118. The standard InChI is InChI=1S/C15H24N2O2/c1-10-8-11(2)15(13(9-10)19-5)17(4)14(18)7-6-12(3)16/h8-9,12H,6-7,16H2,1-5H3. The van der Waals surface area contributed by atoms with Crippen molar-refractivity contribution in [2.45, 2.75) is 39.7 Å².